The number of hydrogen-bond donors (Lipinski definition) is 2. The number of hydrogen-bond acceptors (Lipinski definition) is 4. The fourth-order valence-corrected chi connectivity index (χ4v) is 4.88. The molecule has 0 radical (unpaired) electrons. The maximum Gasteiger partial charge on any atom is 0.240 e. The van der Waals surface area contributed by atoms with E-state index in [0.29, 0.717) is 11.5 Å². The molecule has 0 bridgehead atoms. The molecule has 2 amide bonds. The SMILES string of the molecule is COc1cc2c(cc1OC)CC(=O)N(CC(=O)N[C@@H]1CCCc3c1[nH]c1ccc(F)cc31)C=C2. The smallest absolute Gasteiger partial charge is 0.240 e. The van der Waals surface area contributed by atoms with Gasteiger partial charge in [-0.1, -0.05) is 0 Å². The first-order valence-electron chi connectivity index (χ1n) is 11.3. The number of carbonyl (C=O) groups is 2. The highest BCUT2D eigenvalue weighted by Gasteiger charge is 2.27. The van der Waals surface area contributed by atoms with Gasteiger partial charge in [-0.15, -0.1) is 0 Å². The molecule has 1 aromatic heterocycles. The average molecular weight is 464 g/mol. The van der Waals surface area contributed by atoms with Gasteiger partial charge in [0.05, 0.1) is 26.7 Å². The number of halogens is 1. The van der Waals surface area contributed by atoms with E-state index in [2.05, 4.69) is 10.3 Å². The minimum absolute atomic E-state index is 0.0850. The zero-order valence-corrected chi connectivity index (χ0v) is 19.1. The average Bonchev–Trinajstić information content (AvgIpc) is 3.13. The van der Waals surface area contributed by atoms with E-state index in [-0.39, 0.29) is 36.6 Å². The van der Waals surface area contributed by atoms with Crippen LogP contribution in [0.4, 0.5) is 4.39 Å². The molecule has 3 aromatic rings. The number of benzene rings is 2. The summed E-state index contributed by atoms with van der Waals surface area (Å²) in [6.07, 6.45) is 6.10. The Morgan fingerprint density at radius 3 is 2.79 bits per heavy atom. The van der Waals surface area contributed by atoms with Crippen LogP contribution < -0.4 is 14.8 Å². The van der Waals surface area contributed by atoms with Crippen molar-refractivity contribution in [2.24, 2.45) is 0 Å². The molecule has 5 rings (SSSR count). The van der Waals surface area contributed by atoms with Crippen LogP contribution in [-0.4, -0.2) is 42.5 Å². The number of fused-ring (bicyclic) bond motifs is 4. The lowest BCUT2D eigenvalue weighted by Crippen LogP contribution is -2.40. The summed E-state index contributed by atoms with van der Waals surface area (Å²) in [4.78, 5) is 30.6. The molecule has 7 nitrogen and oxygen atoms in total. The fourth-order valence-electron chi connectivity index (χ4n) is 4.88. The lowest BCUT2D eigenvalue weighted by atomic mass is 9.91. The molecule has 0 fully saturated rings. The first kappa shape index (κ1) is 22.0. The maximum absolute atomic E-state index is 13.8. The Bertz CT molecular complexity index is 1310. The van der Waals surface area contributed by atoms with Crippen LogP contribution in [0, 0.1) is 5.82 Å². The number of aryl methyl sites for hydroxylation is 1. The molecule has 8 heteroatoms. The number of aromatic amines is 1. The highest BCUT2D eigenvalue weighted by atomic mass is 19.1. The third-order valence-electron chi connectivity index (χ3n) is 6.56. The van der Waals surface area contributed by atoms with Crippen LogP contribution in [0.15, 0.2) is 36.5 Å². The normalized spacial score (nSPS) is 17.2. The Morgan fingerprint density at radius 2 is 2.00 bits per heavy atom. The third kappa shape index (κ3) is 4.00. The summed E-state index contributed by atoms with van der Waals surface area (Å²) in [5.74, 6) is 0.434. The molecule has 2 aliphatic rings. The number of amides is 2. The van der Waals surface area contributed by atoms with Crippen LogP contribution in [0.2, 0.25) is 0 Å². The number of nitrogens with zero attached hydrogens (tertiary/aromatic N) is 1. The standard InChI is InChI=1S/C26H26FN3O4/c1-33-22-10-15-8-9-30(25(32)12-16(15)11-23(22)34-2)14-24(31)28-21-5-3-4-18-19-13-17(27)6-7-20(19)29-26(18)21/h6-11,13,21,29H,3-5,12,14H2,1-2H3,(H,28,31)/t21-/m1/s1. The first-order chi connectivity index (χ1) is 16.5. The molecule has 0 unspecified atom stereocenters. The van der Waals surface area contributed by atoms with E-state index < -0.39 is 0 Å². The van der Waals surface area contributed by atoms with Gasteiger partial charge in [-0.25, -0.2) is 4.39 Å². The minimum Gasteiger partial charge on any atom is -0.493 e. The van der Waals surface area contributed by atoms with Gasteiger partial charge >= 0.3 is 0 Å². The number of H-pyrrole nitrogens is 1. The predicted molar refractivity (Wildman–Crippen MR) is 126 cm³/mol. The van der Waals surface area contributed by atoms with Gasteiger partial charge in [0.2, 0.25) is 11.8 Å². The van der Waals surface area contributed by atoms with Gasteiger partial charge in [-0.3, -0.25) is 9.59 Å². The van der Waals surface area contributed by atoms with E-state index in [0.717, 1.165) is 52.5 Å². The Morgan fingerprint density at radius 1 is 1.21 bits per heavy atom. The van der Waals surface area contributed by atoms with Gasteiger partial charge < -0.3 is 24.7 Å². The van der Waals surface area contributed by atoms with Gasteiger partial charge in [0, 0.05) is 22.8 Å². The van der Waals surface area contributed by atoms with E-state index in [4.69, 9.17) is 9.47 Å². The van der Waals surface area contributed by atoms with Crippen molar-refractivity contribution >= 4 is 28.8 Å². The monoisotopic (exact) mass is 463 g/mol. The largest absolute Gasteiger partial charge is 0.493 e. The maximum atomic E-state index is 13.8. The van der Waals surface area contributed by atoms with E-state index in [9.17, 15) is 14.0 Å². The van der Waals surface area contributed by atoms with Crippen LogP contribution in [0.25, 0.3) is 17.0 Å². The molecule has 2 heterocycles. The Hall–Kier alpha value is -3.81. The van der Waals surface area contributed by atoms with Crippen molar-refractivity contribution in [3.8, 4) is 11.5 Å². The van der Waals surface area contributed by atoms with Crippen molar-refractivity contribution in [2.45, 2.75) is 31.7 Å². The summed E-state index contributed by atoms with van der Waals surface area (Å²) in [6.45, 7) is -0.0850. The second-order valence-corrected chi connectivity index (χ2v) is 8.64. The first-order valence-corrected chi connectivity index (χ1v) is 11.3. The van der Waals surface area contributed by atoms with Crippen LogP contribution in [0.5, 0.6) is 11.5 Å². The molecular formula is C26H26FN3O4. The summed E-state index contributed by atoms with van der Waals surface area (Å²) < 4.78 is 24.5. The molecule has 34 heavy (non-hydrogen) atoms. The Balaban J connectivity index is 1.32. The second kappa shape index (κ2) is 8.85. The highest BCUT2D eigenvalue weighted by molar-refractivity contribution is 5.90. The Kier molecular flexibility index (Phi) is 5.73. The van der Waals surface area contributed by atoms with Gasteiger partial charge in [-0.2, -0.15) is 0 Å². The van der Waals surface area contributed by atoms with Crippen LogP contribution in [-0.2, 0) is 22.4 Å². The van der Waals surface area contributed by atoms with Gasteiger partial charge in [0.1, 0.15) is 12.4 Å². The number of rotatable bonds is 5. The van der Waals surface area contributed by atoms with Crippen LogP contribution >= 0.6 is 0 Å². The second-order valence-electron chi connectivity index (χ2n) is 8.64. The zero-order valence-electron chi connectivity index (χ0n) is 19.1. The van der Waals surface area contributed by atoms with Crippen molar-refractivity contribution in [1.82, 2.24) is 15.2 Å². The lowest BCUT2D eigenvalue weighted by Gasteiger charge is -2.25. The molecule has 0 spiro atoms. The molecule has 1 atom stereocenters. The number of carbonyl (C=O) groups excluding carboxylic acids is 2. The topological polar surface area (TPSA) is 83.7 Å². The molecule has 176 valence electrons. The van der Waals surface area contributed by atoms with E-state index in [1.54, 1.807) is 38.6 Å². The minimum atomic E-state index is -0.275. The Labute approximate surface area is 196 Å². The summed E-state index contributed by atoms with van der Waals surface area (Å²) >= 11 is 0. The molecule has 0 saturated carbocycles. The highest BCUT2D eigenvalue weighted by Crippen LogP contribution is 2.35. The fraction of sp³-hybridized carbons (Fsp3) is 0.308. The summed E-state index contributed by atoms with van der Waals surface area (Å²) in [5.41, 5.74) is 4.49. The summed E-state index contributed by atoms with van der Waals surface area (Å²) in [6, 6.07) is 8.11. The van der Waals surface area contributed by atoms with E-state index >= 15 is 0 Å². The molecule has 1 aliphatic carbocycles. The number of aromatic nitrogens is 1. The van der Waals surface area contributed by atoms with Crippen molar-refractivity contribution < 1.29 is 23.5 Å². The molecule has 1 aliphatic heterocycles. The van der Waals surface area contributed by atoms with Gasteiger partial charge in [0.15, 0.2) is 11.5 Å². The molecule has 2 N–H and O–H groups in total. The van der Waals surface area contributed by atoms with Crippen molar-refractivity contribution in [3.05, 3.63) is 64.7 Å². The van der Waals surface area contributed by atoms with E-state index in [1.165, 1.54) is 17.0 Å². The molecule has 2 aromatic carbocycles. The summed E-state index contributed by atoms with van der Waals surface area (Å²) in [7, 11) is 3.11. The number of methoxy groups -OCH3 is 2. The van der Waals surface area contributed by atoms with Gasteiger partial charge in [0.25, 0.3) is 0 Å². The van der Waals surface area contributed by atoms with Crippen molar-refractivity contribution in [2.75, 3.05) is 20.8 Å². The van der Waals surface area contributed by atoms with Gasteiger partial charge in [-0.05, 0) is 72.4 Å². The van der Waals surface area contributed by atoms with Crippen molar-refractivity contribution in [1.29, 1.82) is 0 Å². The van der Waals surface area contributed by atoms with Crippen LogP contribution in [0.1, 0.15) is 41.3 Å². The number of nitrogens with one attached hydrogen (secondary N) is 2. The van der Waals surface area contributed by atoms with E-state index in [1.807, 2.05) is 6.07 Å². The van der Waals surface area contributed by atoms with Crippen LogP contribution in [0.3, 0.4) is 0 Å². The molecule has 0 saturated heterocycles. The molecular weight excluding hydrogens is 437 g/mol. The zero-order chi connectivity index (χ0) is 23.8. The quantitative estimate of drug-likeness (QED) is 0.602. The lowest BCUT2D eigenvalue weighted by molar-refractivity contribution is -0.133. The third-order valence-corrected chi connectivity index (χ3v) is 6.56. The summed E-state index contributed by atoms with van der Waals surface area (Å²) in [5, 5.41) is 3.93. The van der Waals surface area contributed by atoms with Crippen molar-refractivity contribution in [3.63, 3.8) is 0 Å². The number of ether oxygens (including phenoxy) is 2. The predicted octanol–water partition coefficient (Wildman–Crippen LogP) is 3.87.